The molecule has 1 unspecified atom stereocenters. The van der Waals surface area contributed by atoms with E-state index in [2.05, 4.69) is 5.32 Å². The van der Waals surface area contributed by atoms with Gasteiger partial charge in [-0.05, 0) is 23.9 Å². The Kier molecular flexibility index (Phi) is 4.55. The number of fused-ring (bicyclic) bond motifs is 1. The van der Waals surface area contributed by atoms with Crippen LogP contribution in [0.3, 0.4) is 0 Å². The Morgan fingerprint density at radius 3 is 2.33 bits per heavy atom. The molecule has 0 aromatic heterocycles. The number of benzene rings is 2. The number of aliphatic hydroxyl groups excluding tert-OH is 1. The Bertz CT molecular complexity index is 676. The van der Waals surface area contributed by atoms with Crippen LogP contribution >= 0.6 is 0 Å². The van der Waals surface area contributed by atoms with Gasteiger partial charge in [0.15, 0.2) is 0 Å². The highest BCUT2D eigenvalue weighted by atomic mass is 16.4. The summed E-state index contributed by atoms with van der Waals surface area (Å²) >= 11 is 0. The second kappa shape index (κ2) is 6.37. The van der Waals surface area contributed by atoms with Crippen LogP contribution in [0.4, 0.5) is 0 Å². The Labute approximate surface area is 122 Å². The number of hydrogen-bond donors (Lipinski definition) is 3. The van der Waals surface area contributed by atoms with Gasteiger partial charge in [0.05, 0.1) is 11.7 Å². The smallest absolute Gasteiger partial charge is 0.336 e. The SMILES string of the molecule is CCC(O)CNC(=O)c1cccc2cccc(C(=O)O)c12. The van der Waals surface area contributed by atoms with E-state index in [-0.39, 0.29) is 18.0 Å². The van der Waals surface area contributed by atoms with E-state index in [1.54, 1.807) is 30.3 Å². The van der Waals surface area contributed by atoms with Gasteiger partial charge in [0.25, 0.3) is 5.91 Å². The number of carbonyl (C=O) groups is 2. The molecule has 0 aliphatic carbocycles. The highest BCUT2D eigenvalue weighted by molar-refractivity contribution is 6.14. The van der Waals surface area contributed by atoms with Crippen LogP contribution in [-0.2, 0) is 0 Å². The molecule has 0 bridgehead atoms. The zero-order valence-electron chi connectivity index (χ0n) is 11.7. The van der Waals surface area contributed by atoms with Gasteiger partial charge < -0.3 is 15.5 Å². The lowest BCUT2D eigenvalue weighted by molar-refractivity contribution is 0.0699. The van der Waals surface area contributed by atoms with Crippen LogP contribution in [0.25, 0.3) is 10.8 Å². The van der Waals surface area contributed by atoms with E-state index in [0.29, 0.717) is 22.8 Å². The average molecular weight is 287 g/mol. The van der Waals surface area contributed by atoms with Crippen molar-refractivity contribution < 1.29 is 19.8 Å². The molecule has 5 nitrogen and oxygen atoms in total. The molecule has 3 N–H and O–H groups in total. The number of carbonyl (C=O) groups excluding carboxylic acids is 1. The van der Waals surface area contributed by atoms with Gasteiger partial charge >= 0.3 is 5.97 Å². The van der Waals surface area contributed by atoms with Crippen molar-refractivity contribution in [1.82, 2.24) is 5.32 Å². The number of carboxylic acids is 1. The lowest BCUT2D eigenvalue weighted by Crippen LogP contribution is -2.31. The van der Waals surface area contributed by atoms with Crippen molar-refractivity contribution in [3.63, 3.8) is 0 Å². The van der Waals surface area contributed by atoms with E-state index in [9.17, 15) is 19.8 Å². The van der Waals surface area contributed by atoms with Gasteiger partial charge in [0.2, 0.25) is 0 Å². The summed E-state index contributed by atoms with van der Waals surface area (Å²) < 4.78 is 0. The molecule has 2 aromatic carbocycles. The standard InChI is InChI=1S/C16H17NO4/c1-2-11(18)9-17-15(19)12-7-3-5-10-6-4-8-13(14(10)12)16(20)21/h3-8,11,18H,2,9H2,1H3,(H,17,19)(H,20,21). The molecule has 0 saturated carbocycles. The van der Waals surface area contributed by atoms with E-state index in [0.717, 1.165) is 0 Å². The van der Waals surface area contributed by atoms with Gasteiger partial charge in [0, 0.05) is 17.5 Å². The quantitative estimate of drug-likeness (QED) is 0.785. The predicted molar refractivity (Wildman–Crippen MR) is 79.5 cm³/mol. The summed E-state index contributed by atoms with van der Waals surface area (Å²) in [6, 6.07) is 9.94. The predicted octanol–water partition coefficient (Wildman–Crippen LogP) is 2.04. The van der Waals surface area contributed by atoms with Crippen molar-refractivity contribution in [2.45, 2.75) is 19.4 Å². The largest absolute Gasteiger partial charge is 0.478 e. The van der Waals surface area contributed by atoms with Gasteiger partial charge in [-0.25, -0.2) is 4.79 Å². The Balaban J connectivity index is 2.44. The highest BCUT2D eigenvalue weighted by Gasteiger charge is 2.16. The minimum atomic E-state index is -1.07. The number of aromatic carboxylic acids is 1. The molecular weight excluding hydrogens is 270 g/mol. The molecule has 0 aliphatic heterocycles. The van der Waals surface area contributed by atoms with E-state index in [1.807, 2.05) is 6.92 Å². The summed E-state index contributed by atoms with van der Waals surface area (Å²) in [5.74, 6) is -1.46. The summed E-state index contributed by atoms with van der Waals surface area (Å²) in [6.45, 7) is 1.96. The molecule has 2 aromatic rings. The van der Waals surface area contributed by atoms with Crippen LogP contribution in [0.2, 0.25) is 0 Å². The van der Waals surface area contributed by atoms with E-state index in [1.165, 1.54) is 6.07 Å². The van der Waals surface area contributed by atoms with Crippen molar-refractivity contribution in [2.75, 3.05) is 6.54 Å². The van der Waals surface area contributed by atoms with Crippen LogP contribution in [0.5, 0.6) is 0 Å². The molecule has 0 aliphatic rings. The lowest BCUT2D eigenvalue weighted by Gasteiger charge is -2.12. The maximum atomic E-state index is 12.2. The molecule has 0 fully saturated rings. The summed E-state index contributed by atoms with van der Waals surface area (Å²) in [4.78, 5) is 23.6. The topological polar surface area (TPSA) is 86.6 Å². The normalized spacial score (nSPS) is 12.1. The third-order valence-electron chi connectivity index (χ3n) is 3.35. The Hall–Kier alpha value is -2.40. The van der Waals surface area contributed by atoms with Crippen LogP contribution in [0.1, 0.15) is 34.1 Å². The van der Waals surface area contributed by atoms with Crippen LogP contribution in [0, 0.1) is 0 Å². The molecule has 0 saturated heterocycles. The zero-order chi connectivity index (χ0) is 15.4. The molecule has 0 radical (unpaired) electrons. The number of hydrogen-bond acceptors (Lipinski definition) is 3. The third kappa shape index (κ3) is 3.20. The Morgan fingerprint density at radius 1 is 1.14 bits per heavy atom. The average Bonchev–Trinajstić information content (AvgIpc) is 2.50. The van der Waals surface area contributed by atoms with Crippen molar-refractivity contribution in [3.05, 3.63) is 47.5 Å². The van der Waals surface area contributed by atoms with E-state index >= 15 is 0 Å². The first-order valence-corrected chi connectivity index (χ1v) is 6.76. The van der Waals surface area contributed by atoms with Crippen molar-refractivity contribution in [2.24, 2.45) is 0 Å². The summed E-state index contributed by atoms with van der Waals surface area (Å²) in [5, 5.41) is 22.5. The number of amides is 1. The lowest BCUT2D eigenvalue weighted by atomic mass is 9.98. The van der Waals surface area contributed by atoms with Crippen LogP contribution in [-0.4, -0.2) is 34.7 Å². The molecule has 0 heterocycles. The van der Waals surface area contributed by atoms with Crippen molar-refractivity contribution in [1.29, 1.82) is 0 Å². The molecule has 5 heteroatoms. The third-order valence-corrected chi connectivity index (χ3v) is 3.35. The number of nitrogens with one attached hydrogen (secondary N) is 1. The monoisotopic (exact) mass is 287 g/mol. The molecule has 1 atom stereocenters. The second-order valence-corrected chi connectivity index (χ2v) is 4.79. The van der Waals surface area contributed by atoms with Crippen molar-refractivity contribution in [3.8, 4) is 0 Å². The maximum absolute atomic E-state index is 12.2. The van der Waals surface area contributed by atoms with Crippen molar-refractivity contribution >= 4 is 22.6 Å². The minimum absolute atomic E-state index is 0.0919. The van der Waals surface area contributed by atoms with Gasteiger partial charge in [-0.2, -0.15) is 0 Å². The minimum Gasteiger partial charge on any atom is -0.478 e. The molecule has 0 spiro atoms. The first-order valence-electron chi connectivity index (χ1n) is 6.76. The molecular formula is C16H17NO4. The highest BCUT2D eigenvalue weighted by Crippen LogP contribution is 2.23. The van der Waals surface area contributed by atoms with Crippen LogP contribution in [0.15, 0.2) is 36.4 Å². The van der Waals surface area contributed by atoms with Gasteiger partial charge in [0.1, 0.15) is 0 Å². The molecule has 21 heavy (non-hydrogen) atoms. The molecule has 1 amide bonds. The number of aliphatic hydroxyl groups is 1. The molecule has 110 valence electrons. The summed E-state index contributed by atoms with van der Waals surface area (Å²) in [7, 11) is 0. The first-order chi connectivity index (χ1) is 10.0. The van der Waals surface area contributed by atoms with Crippen LogP contribution < -0.4 is 5.32 Å². The van der Waals surface area contributed by atoms with Gasteiger partial charge in [-0.15, -0.1) is 0 Å². The fourth-order valence-corrected chi connectivity index (χ4v) is 2.16. The Morgan fingerprint density at radius 2 is 1.76 bits per heavy atom. The second-order valence-electron chi connectivity index (χ2n) is 4.79. The maximum Gasteiger partial charge on any atom is 0.336 e. The zero-order valence-corrected chi connectivity index (χ0v) is 11.7. The number of carboxylic acid groups (broad SMARTS) is 1. The first kappa shape index (κ1) is 15.0. The summed E-state index contributed by atoms with van der Waals surface area (Å²) in [5.41, 5.74) is 0.392. The summed E-state index contributed by atoms with van der Waals surface area (Å²) in [6.07, 6.45) is -0.0706. The van der Waals surface area contributed by atoms with E-state index in [4.69, 9.17) is 0 Å². The fourth-order valence-electron chi connectivity index (χ4n) is 2.16. The van der Waals surface area contributed by atoms with Gasteiger partial charge in [-0.1, -0.05) is 31.2 Å². The fraction of sp³-hybridized carbons (Fsp3) is 0.250. The van der Waals surface area contributed by atoms with Gasteiger partial charge in [-0.3, -0.25) is 4.79 Å². The number of rotatable bonds is 5. The molecule has 2 rings (SSSR count). The van der Waals surface area contributed by atoms with E-state index < -0.39 is 12.1 Å².